The minimum absolute atomic E-state index is 0.00994. The fourth-order valence-electron chi connectivity index (χ4n) is 4.45. The molecule has 0 aromatic heterocycles. The predicted molar refractivity (Wildman–Crippen MR) is 125 cm³/mol. The van der Waals surface area contributed by atoms with Gasteiger partial charge in [0, 0.05) is 41.0 Å². The molecule has 0 radical (unpaired) electrons. The second kappa shape index (κ2) is 7.32. The molecule has 4 aromatic carbocycles. The van der Waals surface area contributed by atoms with E-state index in [0.29, 0.717) is 45.3 Å². The topological polar surface area (TPSA) is 85.2 Å². The van der Waals surface area contributed by atoms with Crippen molar-refractivity contribution in [3.63, 3.8) is 0 Å². The van der Waals surface area contributed by atoms with Crippen molar-refractivity contribution < 1.29 is 29.2 Å². The summed E-state index contributed by atoms with van der Waals surface area (Å²) in [5, 5.41) is 20.0. The van der Waals surface area contributed by atoms with Crippen LogP contribution in [-0.4, -0.2) is 16.2 Å². The third-order valence-corrected chi connectivity index (χ3v) is 6.47. The Morgan fingerprint density at radius 3 is 2.21 bits per heavy atom. The molecule has 6 nitrogen and oxygen atoms in total. The Hall–Kier alpha value is -3.87. The first-order valence-electron chi connectivity index (χ1n) is 10.2. The van der Waals surface area contributed by atoms with E-state index < -0.39 is 11.6 Å². The molecule has 168 valence electrons. The summed E-state index contributed by atoms with van der Waals surface area (Å²) in [5.41, 5.74) is 1.11. The average molecular weight is 493 g/mol. The highest BCUT2D eigenvalue weighted by Gasteiger charge is 2.53. The zero-order chi connectivity index (χ0) is 23.6. The van der Waals surface area contributed by atoms with Gasteiger partial charge in [-0.2, -0.15) is 0 Å². The summed E-state index contributed by atoms with van der Waals surface area (Å²) in [6.45, 7) is 0. The maximum absolute atomic E-state index is 12.8. The van der Waals surface area contributed by atoms with Crippen LogP contribution >= 0.6 is 23.2 Å². The number of esters is 1. The summed E-state index contributed by atoms with van der Waals surface area (Å²) in [4.78, 5) is 12.8. The fraction of sp³-hybridized carbons (Fsp3) is 0.0385. The number of fused-ring (bicyclic) bond motifs is 6. The van der Waals surface area contributed by atoms with Crippen LogP contribution in [0.25, 0.3) is 0 Å². The van der Waals surface area contributed by atoms with Gasteiger partial charge in [-0.15, -0.1) is 0 Å². The number of phenolic OH excluding ortho intramolecular Hbond substituents is 2. The highest BCUT2D eigenvalue weighted by atomic mass is 35.5. The molecule has 0 bridgehead atoms. The maximum Gasteiger partial charge on any atom is 0.340 e. The summed E-state index contributed by atoms with van der Waals surface area (Å²) in [6, 6.07) is 19.9. The summed E-state index contributed by atoms with van der Waals surface area (Å²) >= 11 is 12.0. The SMILES string of the molecule is O=C1OC2(c3ccc(O)cc3Oc3cc(Oc4cc(Cl)c(O)c(Cl)c4)ccc32)c2ccccc21. The van der Waals surface area contributed by atoms with Gasteiger partial charge in [0.25, 0.3) is 0 Å². The molecule has 0 amide bonds. The van der Waals surface area contributed by atoms with E-state index in [-0.39, 0.29) is 21.5 Å². The molecule has 2 heterocycles. The van der Waals surface area contributed by atoms with Crippen LogP contribution in [0.5, 0.6) is 34.5 Å². The van der Waals surface area contributed by atoms with E-state index in [0.717, 1.165) is 0 Å². The van der Waals surface area contributed by atoms with Crippen LogP contribution in [0.2, 0.25) is 10.0 Å². The molecule has 0 saturated heterocycles. The van der Waals surface area contributed by atoms with Crippen molar-refractivity contribution in [1.29, 1.82) is 0 Å². The monoisotopic (exact) mass is 492 g/mol. The van der Waals surface area contributed by atoms with Crippen LogP contribution in [0.1, 0.15) is 27.0 Å². The van der Waals surface area contributed by atoms with Gasteiger partial charge >= 0.3 is 5.97 Å². The molecule has 2 aliphatic rings. The van der Waals surface area contributed by atoms with E-state index in [1.54, 1.807) is 36.4 Å². The molecule has 1 spiro atoms. The number of aromatic hydroxyl groups is 2. The van der Waals surface area contributed by atoms with E-state index >= 15 is 0 Å². The molecule has 0 aliphatic carbocycles. The maximum atomic E-state index is 12.8. The summed E-state index contributed by atoms with van der Waals surface area (Å²) in [7, 11) is 0. The number of halogens is 2. The number of ether oxygens (including phenoxy) is 3. The third kappa shape index (κ3) is 2.93. The molecule has 0 fully saturated rings. The number of hydrogen-bond donors (Lipinski definition) is 2. The van der Waals surface area contributed by atoms with Gasteiger partial charge in [-0.1, -0.05) is 41.4 Å². The molecule has 8 heteroatoms. The lowest BCUT2D eigenvalue weighted by Gasteiger charge is -2.36. The molecule has 1 unspecified atom stereocenters. The van der Waals surface area contributed by atoms with Gasteiger partial charge < -0.3 is 24.4 Å². The first kappa shape index (κ1) is 20.7. The number of carbonyl (C=O) groups excluding carboxylic acids is 1. The summed E-state index contributed by atoms with van der Waals surface area (Å²) in [6.07, 6.45) is 0. The van der Waals surface area contributed by atoms with Crippen LogP contribution in [0.4, 0.5) is 0 Å². The Bertz CT molecular complexity index is 1490. The average Bonchev–Trinajstić information content (AvgIpc) is 3.10. The smallest absolute Gasteiger partial charge is 0.340 e. The quantitative estimate of drug-likeness (QED) is 0.300. The van der Waals surface area contributed by atoms with Gasteiger partial charge in [-0.25, -0.2) is 4.79 Å². The molecule has 1 atom stereocenters. The zero-order valence-corrected chi connectivity index (χ0v) is 18.7. The highest BCUT2D eigenvalue weighted by molar-refractivity contribution is 6.37. The van der Waals surface area contributed by atoms with E-state index in [2.05, 4.69) is 0 Å². The van der Waals surface area contributed by atoms with E-state index in [1.807, 2.05) is 12.1 Å². The molecular formula is C26H14Cl2O6. The molecule has 34 heavy (non-hydrogen) atoms. The molecular weight excluding hydrogens is 479 g/mol. The first-order chi connectivity index (χ1) is 16.4. The fourth-order valence-corrected chi connectivity index (χ4v) is 4.91. The number of phenols is 2. The summed E-state index contributed by atoms with van der Waals surface area (Å²) in [5.74, 6) is 0.777. The molecule has 2 N–H and O–H groups in total. The second-order valence-electron chi connectivity index (χ2n) is 7.89. The highest BCUT2D eigenvalue weighted by Crippen LogP contribution is 2.57. The van der Waals surface area contributed by atoms with Crippen LogP contribution in [0, 0.1) is 0 Å². The third-order valence-electron chi connectivity index (χ3n) is 5.89. The van der Waals surface area contributed by atoms with Crippen molar-refractivity contribution in [2.24, 2.45) is 0 Å². The van der Waals surface area contributed by atoms with Crippen molar-refractivity contribution in [2.45, 2.75) is 5.60 Å². The Kier molecular flexibility index (Phi) is 4.46. The minimum atomic E-state index is -1.24. The van der Waals surface area contributed by atoms with Crippen LogP contribution in [-0.2, 0) is 10.3 Å². The normalized spacial score (nSPS) is 17.4. The van der Waals surface area contributed by atoms with Gasteiger partial charge in [0.05, 0.1) is 15.6 Å². The van der Waals surface area contributed by atoms with Gasteiger partial charge in [-0.05, 0) is 30.3 Å². The molecule has 4 aromatic rings. The Labute approximate surface area is 203 Å². The number of rotatable bonds is 2. The van der Waals surface area contributed by atoms with E-state index in [4.69, 9.17) is 37.4 Å². The van der Waals surface area contributed by atoms with Crippen molar-refractivity contribution in [3.05, 3.63) is 105 Å². The molecule has 0 saturated carbocycles. The van der Waals surface area contributed by atoms with Gasteiger partial charge in [0.15, 0.2) is 11.4 Å². The predicted octanol–water partition coefficient (Wildman–Crippen LogP) is 6.76. The second-order valence-corrected chi connectivity index (χ2v) is 8.71. The Morgan fingerprint density at radius 1 is 0.765 bits per heavy atom. The van der Waals surface area contributed by atoms with Crippen molar-refractivity contribution >= 4 is 29.2 Å². The molecule has 6 rings (SSSR count). The largest absolute Gasteiger partial charge is 0.508 e. The minimum Gasteiger partial charge on any atom is -0.508 e. The molecule has 2 aliphatic heterocycles. The van der Waals surface area contributed by atoms with Crippen LogP contribution in [0.3, 0.4) is 0 Å². The first-order valence-corrected chi connectivity index (χ1v) is 11.0. The van der Waals surface area contributed by atoms with Crippen molar-refractivity contribution in [1.82, 2.24) is 0 Å². The number of benzene rings is 4. The van der Waals surface area contributed by atoms with Gasteiger partial charge in [-0.3, -0.25) is 0 Å². The van der Waals surface area contributed by atoms with E-state index in [9.17, 15) is 15.0 Å². The van der Waals surface area contributed by atoms with Crippen LogP contribution < -0.4 is 9.47 Å². The van der Waals surface area contributed by atoms with Crippen LogP contribution in [0.15, 0.2) is 72.8 Å². The standard InChI is InChI=1S/C26H14Cl2O6/c27-20-10-15(11-21(28)24(20)30)32-14-6-8-19-23(12-14)33-22-9-13(29)5-7-18(22)26(19)17-4-2-1-3-16(17)25(31)34-26/h1-12,29-30H. The number of carbonyl (C=O) groups is 1. The Balaban J connectivity index is 1.52. The number of hydrogen-bond acceptors (Lipinski definition) is 6. The lowest BCUT2D eigenvalue weighted by atomic mass is 9.77. The van der Waals surface area contributed by atoms with Crippen molar-refractivity contribution in [3.8, 4) is 34.5 Å². The van der Waals surface area contributed by atoms with Crippen molar-refractivity contribution in [2.75, 3.05) is 0 Å². The van der Waals surface area contributed by atoms with Gasteiger partial charge in [0.2, 0.25) is 0 Å². The summed E-state index contributed by atoms with van der Waals surface area (Å²) < 4.78 is 18.1. The lowest BCUT2D eigenvalue weighted by Crippen LogP contribution is -2.32. The van der Waals surface area contributed by atoms with Gasteiger partial charge in [0.1, 0.15) is 28.7 Å². The zero-order valence-electron chi connectivity index (χ0n) is 17.2. The van der Waals surface area contributed by atoms with E-state index in [1.165, 1.54) is 24.3 Å². The lowest BCUT2D eigenvalue weighted by molar-refractivity contribution is 0.0224. The Morgan fingerprint density at radius 2 is 1.44 bits per heavy atom.